The lowest BCUT2D eigenvalue weighted by Crippen LogP contribution is -2.22. The van der Waals surface area contributed by atoms with Crippen LogP contribution in [0.5, 0.6) is 0 Å². The van der Waals surface area contributed by atoms with Crippen LogP contribution >= 0.6 is 0 Å². The molecule has 0 aliphatic rings. The van der Waals surface area contributed by atoms with Gasteiger partial charge < -0.3 is 16.0 Å². The highest BCUT2D eigenvalue weighted by Gasteiger charge is 2.06. The molecule has 2 rings (SSSR count). The number of para-hydroxylation sites is 1. The van der Waals surface area contributed by atoms with E-state index in [1.165, 1.54) is 19.1 Å². The topological polar surface area (TPSA) is 70.2 Å². The van der Waals surface area contributed by atoms with E-state index in [1.54, 1.807) is 36.4 Å². The van der Waals surface area contributed by atoms with Gasteiger partial charge >= 0.3 is 0 Å². The van der Waals surface area contributed by atoms with Crippen molar-refractivity contribution in [3.63, 3.8) is 0 Å². The summed E-state index contributed by atoms with van der Waals surface area (Å²) in [5, 5.41) is 8.05. The molecule has 0 atom stereocenters. The van der Waals surface area contributed by atoms with Gasteiger partial charge in [0.2, 0.25) is 11.8 Å². The molecule has 0 unspecified atom stereocenters. The molecule has 0 heterocycles. The Morgan fingerprint density at radius 1 is 0.955 bits per heavy atom. The maximum Gasteiger partial charge on any atom is 0.243 e. The molecule has 0 fully saturated rings. The largest absolute Gasteiger partial charge is 0.376 e. The molecule has 0 saturated carbocycles. The van der Waals surface area contributed by atoms with Gasteiger partial charge in [0.05, 0.1) is 12.2 Å². The molecule has 2 aromatic carbocycles. The standard InChI is InChI=1S/C16H16FN3O2/c1-11(21)19-13-8-6-12(7-9-13)18-10-16(22)20-15-5-3-2-4-14(15)17/h2-9,18H,10H2,1H3,(H,19,21)(H,20,22). The number of hydrogen-bond donors (Lipinski definition) is 3. The van der Waals surface area contributed by atoms with Crippen LogP contribution in [0, 0.1) is 5.82 Å². The normalized spacial score (nSPS) is 9.91. The lowest BCUT2D eigenvalue weighted by molar-refractivity contribution is -0.115. The minimum Gasteiger partial charge on any atom is -0.376 e. The van der Waals surface area contributed by atoms with E-state index in [0.29, 0.717) is 5.69 Å². The second-order valence-electron chi connectivity index (χ2n) is 4.64. The zero-order chi connectivity index (χ0) is 15.9. The van der Waals surface area contributed by atoms with E-state index in [-0.39, 0.29) is 24.0 Å². The summed E-state index contributed by atoms with van der Waals surface area (Å²) >= 11 is 0. The highest BCUT2D eigenvalue weighted by Crippen LogP contribution is 2.14. The van der Waals surface area contributed by atoms with Gasteiger partial charge in [0, 0.05) is 18.3 Å². The number of halogens is 1. The van der Waals surface area contributed by atoms with E-state index in [4.69, 9.17) is 0 Å². The van der Waals surface area contributed by atoms with Crippen molar-refractivity contribution in [2.45, 2.75) is 6.92 Å². The lowest BCUT2D eigenvalue weighted by Gasteiger charge is -2.09. The SMILES string of the molecule is CC(=O)Nc1ccc(NCC(=O)Nc2ccccc2F)cc1. The fourth-order valence-corrected chi connectivity index (χ4v) is 1.81. The Labute approximate surface area is 127 Å². The molecule has 2 aromatic rings. The first-order valence-electron chi connectivity index (χ1n) is 6.70. The van der Waals surface area contributed by atoms with Crippen LogP contribution in [0.15, 0.2) is 48.5 Å². The summed E-state index contributed by atoms with van der Waals surface area (Å²) in [6.45, 7) is 1.44. The van der Waals surface area contributed by atoms with E-state index in [9.17, 15) is 14.0 Å². The third-order valence-corrected chi connectivity index (χ3v) is 2.81. The van der Waals surface area contributed by atoms with E-state index in [2.05, 4.69) is 16.0 Å². The predicted molar refractivity (Wildman–Crippen MR) is 84.3 cm³/mol. The molecule has 2 amide bonds. The number of carbonyl (C=O) groups is 2. The van der Waals surface area contributed by atoms with Gasteiger partial charge in [-0.1, -0.05) is 12.1 Å². The Balaban J connectivity index is 1.86. The first kappa shape index (κ1) is 15.5. The van der Waals surface area contributed by atoms with Gasteiger partial charge in [-0.2, -0.15) is 0 Å². The van der Waals surface area contributed by atoms with Gasteiger partial charge in [-0.25, -0.2) is 4.39 Å². The molecule has 0 aromatic heterocycles. The minimum absolute atomic E-state index is 0.00776. The molecular weight excluding hydrogens is 285 g/mol. The van der Waals surface area contributed by atoms with Gasteiger partial charge in [0.25, 0.3) is 0 Å². The molecule has 0 saturated heterocycles. The molecule has 0 spiro atoms. The zero-order valence-corrected chi connectivity index (χ0v) is 12.0. The fourth-order valence-electron chi connectivity index (χ4n) is 1.81. The minimum atomic E-state index is -0.476. The van der Waals surface area contributed by atoms with E-state index >= 15 is 0 Å². The number of amides is 2. The van der Waals surface area contributed by atoms with Gasteiger partial charge in [-0.15, -0.1) is 0 Å². The van der Waals surface area contributed by atoms with E-state index in [1.807, 2.05) is 0 Å². The number of rotatable bonds is 5. The van der Waals surface area contributed by atoms with Crippen molar-refractivity contribution in [2.75, 3.05) is 22.5 Å². The number of nitrogens with one attached hydrogen (secondary N) is 3. The molecular formula is C16H16FN3O2. The summed E-state index contributed by atoms with van der Waals surface area (Å²) in [5.74, 6) is -0.975. The van der Waals surface area contributed by atoms with Crippen molar-refractivity contribution in [1.29, 1.82) is 0 Å². The monoisotopic (exact) mass is 301 g/mol. The highest BCUT2D eigenvalue weighted by atomic mass is 19.1. The van der Waals surface area contributed by atoms with Crippen LogP contribution in [0.25, 0.3) is 0 Å². The van der Waals surface area contributed by atoms with Crippen LogP contribution < -0.4 is 16.0 Å². The summed E-state index contributed by atoms with van der Waals surface area (Å²) < 4.78 is 13.4. The Bertz CT molecular complexity index is 671. The Hall–Kier alpha value is -2.89. The second kappa shape index (κ2) is 7.21. The molecule has 0 bridgehead atoms. The number of anilines is 3. The van der Waals surface area contributed by atoms with Crippen molar-refractivity contribution < 1.29 is 14.0 Å². The summed E-state index contributed by atoms with van der Waals surface area (Å²) in [4.78, 5) is 22.7. The zero-order valence-electron chi connectivity index (χ0n) is 12.0. The third kappa shape index (κ3) is 4.59. The first-order valence-corrected chi connectivity index (χ1v) is 6.70. The van der Waals surface area contributed by atoms with Crippen LogP contribution in [0.3, 0.4) is 0 Å². The Morgan fingerprint density at radius 2 is 1.59 bits per heavy atom. The smallest absolute Gasteiger partial charge is 0.243 e. The molecule has 22 heavy (non-hydrogen) atoms. The average Bonchev–Trinajstić information content (AvgIpc) is 2.48. The van der Waals surface area contributed by atoms with Crippen molar-refractivity contribution in [3.8, 4) is 0 Å². The summed E-state index contributed by atoms with van der Waals surface area (Å²) in [6.07, 6.45) is 0. The van der Waals surface area contributed by atoms with Crippen LogP contribution in [0.2, 0.25) is 0 Å². The van der Waals surface area contributed by atoms with E-state index in [0.717, 1.165) is 5.69 Å². The van der Waals surface area contributed by atoms with Crippen molar-refractivity contribution >= 4 is 28.9 Å². The van der Waals surface area contributed by atoms with Crippen LogP contribution in [0.1, 0.15) is 6.92 Å². The second-order valence-corrected chi connectivity index (χ2v) is 4.64. The lowest BCUT2D eigenvalue weighted by atomic mass is 10.2. The van der Waals surface area contributed by atoms with Crippen molar-refractivity contribution in [2.24, 2.45) is 0 Å². The predicted octanol–water partition coefficient (Wildman–Crippen LogP) is 2.83. The van der Waals surface area contributed by atoms with Crippen LogP contribution in [-0.2, 0) is 9.59 Å². The van der Waals surface area contributed by atoms with Gasteiger partial charge in [-0.05, 0) is 36.4 Å². The molecule has 0 radical (unpaired) electrons. The Morgan fingerprint density at radius 3 is 2.23 bits per heavy atom. The first-order chi connectivity index (χ1) is 10.5. The molecule has 5 nitrogen and oxygen atoms in total. The summed E-state index contributed by atoms with van der Waals surface area (Å²) in [7, 11) is 0. The number of carbonyl (C=O) groups excluding carboxylic acids is 2. The van der Waals surface area contributed by atoms with Gasteiger partial charge in [-0.3, -0.25) is 9.59 Å². The molecule has 3 N–H and O–H groups in total. The summed E-state index contributed by atoms with van der Waals surface area (Å²) in [5.41, 5.74) is 1.54. The Kier molecular flexibility index (Phi) is 5.08. The summed E-state index contributed by atoms with van der Waals surface area (Å²) in [6, 6.07) is 12.9. The maximum absolute atomic E-state index is 13.4. The molecule has 114 valence electrons. The van der Waals surface area contributed by atoms with Gasteiger partial charge in [0.1, 0.15) is 5.82 Å². The fraction of sp³-hybridized carbons (Fsp3) is 0.125. The highest BCUT2D eigenvalue weighted by molar-refractivity contribution is 5.94. The maximum atomic E-state index is 13.4. The number of benzene rings is 2. The molecule has 0 aliphatic carbocycles. The van der Waals surface area contributed by atoms with Crippen molar-refractivity contribution in [1.82, 2.24) is 0 Å². The van der Waals surface area contributed by atoms with Crippen LogP contribution in [0.4, 0.5) is 21.5 Å². The van der Waals surface area contributed by atoms with Crippen LogP contribution in [-0.4, -0.2) is 18.4 Å². The number of hydrogen-bond acceptors (Lipinski definition) is 3. The average molecular weight is 301 g/mol. The van der Waals surface area contributed by atoms with Crippen molar-refractivity contribution in [3.05, 3.63) is 54.3 Å². The molecule has 6 heteroatoms. The molecule has 0 aliphatic heterocycles. The quantitative estimate of drug-likeness (QED) is 0.795. The van der Waals surface area contributed by atoms with Gasteiger partial charge in [0.15, 0.2) is 0 Å². The third-order valence-electron chi connectivity index (χ3n) is 2.81. The van der Waals surface area contributed by atoms with E-state index < -0.39 is 5.82 Å².